The first-order valence-corrected chi connectivity index (χ1v) is 7.52. The summed E-state index contributed by atoms with van der Waals surface area (Å²) in [6.07, 6.45) is 2.56. The minimum atomic E-state index is -0.620. The van der Waals surface area contributed by atoms with Crippen LogP contribution < -0.4 is 5.32 Å². The zero-order valence-electron chi connectivity index (χ0n) is 10.5. The maximum Gasteiger partial charge on any atom is 0.0360 e. The van der Waals surface area contributed by atoms with Gasteiger partial charge in [0, 0.05) is 34.9 Å². The van der Waals surface area contributed by atoms with E-state index in [1.165, 1.54) is 12.8 Å². The number of rotatable bonds is 5. The Kier molecular flexibility index (Phi) is 4.78. The van der Waals surface area contributed by atoms with Crippen LogP contribution in [0.5, 0.6) is 0 Å². The summed E-state index contributed by atoms with van der Waals surface area (Å²) in [5.41, 5.74) is 0.487. The maximum absolute atomic E-state index is 11.3. The molecule has 90 valence electrons. The fourth-order valence-electron chi connectivity index (χ4n) is 2.67. The minimum Gasteiger partial charge on any atom is -0.313 e. The molecule has 0 aromatic heterocycles. The van der Waals surface area contributed by atoms with Gasteiger partial charge in [0.05, 0.1) is 0 Å². The molecule has 0 aromatic rings. The molecule has 0 aliphatic heterocycles. The van der Waals surface area contributed by atoms with Gasteiger partial charge in [-0.05, 0) is 24.2 Å². The van der Waals surface area contributed by atoms with Crippen molar-refractivity contribution in [2.45, 2.75) is 46.6 Å². The number of hydrogen-bond donors (Lipinski definition) is 1. The maximum atomic E-state index is 11.3. The highest BCUT2D eigenvalue weighted by atomic mass is 32.2. The van der Waals surface area contributed by atoms with Gasteiger partial charge < -0.3 is 5.32 Å². The average Bonchev–Trinajstić information content (AvgIpc) is 2.39. The van der Waals surface area contributed by atoms with Gasteiger partial charge >= 0.3 is 0 Å². The van der Waals surface area contributed by atoms with Gasteiger partial charge in [0.2, 0.25) is 0 Å². The molecule has 1 fully saturated rings. The Bertz CT molecular complexity index is 228. The molecule has 1 N–H and O–H groups in total. The molecule has 1 rings (SSSR count). The van der Waals surface area contributed by atoms with E-state index in [1.807, 2.05) is 6.92 Å². The highest BCUT2D eigenvalue weighted by molar-refractivity contribution is 7.84. The molecule has 0 amide bonds. The molecule has 3 heteroatoms. The van der Waals surface area contributed by atoms with E-state index in [0.717, 1.165) is 24.0 Å². The lowest BCUT2D eigenvalue weighted by atomic mass is 9.91. The predicted octanol–water partition coefficient (Wildman–Crippen LogP) is 2.17. The van der Waals surface area contributed by atoms with Crippen molar-refractivity contribution in [3.8, 4) is 0 Å². The molecule has 15 heavy (non-hydrogen) atoms. The van der Waals surface area contributed by atoms with Gasteiger partial charge in [-0.15, -0.1) is 0 Å². The van der Waals surface area contributed by atoms with Crippen molar-refractivity contribution in [3.05, 3.63) is 0 Å². The van der Waals surface area contributed by atoms with Crippen molar-refractivity contribution in [1.82, 2.24) is 5.32 Å². The van der Waals surface area contributed by atoms with Crippen LogP contribution in [0.2, 0.25) is 0 Å². The molecule has 0 heterocycles. The first-order valence-electron chi connectivity index (χ1n) is 6.03. The van der Waals surface area contributed by atoms with Gasteiger partial charge in [0.15, 0.2) is 0 Å². The molecule has 1 aliphatic carbocycles. The molecule has 0 radical (unpaired) electrons. The zero-order valence-corrected chi connectivity index (χ0v) is 11.3. The molecule has 0 saturated heterocycles. The van der Waals surface area contributed by atoms with E-state index in [0.29, 0.717) is 11.5 Å². The van der Waals surface area contributed by atoms with Gasteiger partial charge in [-0.2, -0.15) is 0 Å². The Hall–Kier alpha value is 0.110. The summed E-state index contributed by atoms with van der Waals surface area (Å²) in [5, 5.41) is 3.56. The molecule has 1 aliphatic rings. The van der Waals surface area contributed by atoms with Crippen molar-refractivity contribution >= 4 is 10.8 Å². The van der Waals surface area contributed by atoms with Crippen LogP contribution in [0.15, 0.2) is 0 Å². The summed E-state index contributed by atoms with van der Waals surface area (Å²) in [6.45, 7) is 9.90. The number of nitrogens with one attached hydrogen (secondary N) is 1. The highest BCUT2D eigenvalue weighted by Gasteiger charge is 2.35. The molecule has 0 spiro atoms. The largest absolute Gasteiger partial charge is 0.313 e. The van der Waals surface area contributed by atoms with E-state index < -0.39 is 10.8 Å². The van der Waals surface area contributed by atoms with Crippen LogP contribution in [-0.4, -0.2) is 28.3 Å². The molecule has 1 saturated carbocycles. The van der Waals surface area contributed by atoms with E-state index in [4.69, 9.17) is 0 Å². The molecule has 3 atom stereocenters. The first kappa shape index (κ1) is 13.2. The second-order valence-corrected chi connectivity index (χ2v) is 7.41. The topological polar surface area (TPSA) is 29.1 Å². The SMILES string of the molecule is CCS(=O)CCNC1CC(C)(C)CC1C. The Morgan fingerprint density at radius 3 is 2.53 bits per heavy atom. The van der Waals surface area contributed by atoms with Crippen LogP contribution >= 0.6 is 0 Å². The highest BCUT2D eigenvalue weighted by Crippen LogP contribution is 2.40. The fourth-order valence-corrected chi connectivity index (χ4v) is 3.30. The first-order chi connectivity index (χ1) is 6.94. The van der Waals surface area contributed by atoms with Crippen LogP contribution in [0, 0.1) is 11.3 Å². The van der Waals surface area contributed by atoms with Gasteiger partial charge in [0.25, 0.3) is 0 Å². The van der Waals surface area contributed by atoms with E-state index in [9.17, 15) is 4.21 Å². The fraction of sp³-hybridized carbons (Fsp3) is 1.00. The normalized spacial score (nSPS) is 31.7. The lowest BCUT2D eigenvalue weighted by Gasteiger charge is -2.18. The molecule has 3 unspecified atom stereocenters. The Labute approximate surface area is 96.7 Å². The Morgan fingerprint density at radius 2 is 2.07 bits per heavy atom. The van der Waals surface area contributed by atoms with E-state index in [2.05, 4.69) is 26.1 Å². The van der Waals surface area contributed by atoms with Gasteiger partial charge in [-0.3, -0.25) is 4.21 Å². The van der Waals surface area contributed by atoms with E-state index in [-0.39, 0.29) is 0 Å². The van der Waals surface area contributed by atoms with Crippen LogP contribution in [0.3, 0.4) is 0 Å². The summed E-state index contributed by atoms with van der Waals surface area (Å²) < 4.78 is 11.3. The second kappa shape index (κ2) is 5.44. The van der Waals surface area contributed by atoms with Crippen LogP contribution in [0.25, 0.3) is 0 Å². The summed E-state index contributed by atoms with van der Waals surface area (Å²) in [7, 11) is -0.620. The smallest absolute Gasteiger partial charge is 0.0360 e. The van der Waals surface area contributed by atoms with Crippen molar-refractivity contribution in [1.29, 1.82) is 0 Å². The van der Waals surface area contributed by atoms with Crippen LogP contribution in [0.4, 0.5) is 0 Å². The molecule has 2 nitrogen and oxygen atoms in total. The lowest BCUT2D eigenvalue weighted by molar-refractivity contribution is 0.363. The van der Waals surface area contributed by atoms with Crippen LogP contribution in [-0.2, 0) is 10.8 Å². The van der Waals surface area contributed by atoms with Gasteiger partial charge in [-0.25, -0.2) is 0 Å². The third-order valence-corrected chi connectivity index (χ3v) is 4.70. The summed E-state index contributed by atoms with van der Waals surface area (Å²) in [4.78, 5) is 0. The molecule has 0 bridgehead atoms. The number of hydrogen-bond acceptors (Lipinski definition) is 2. The van der Waals surface area contributed by atoms with Gasteiger partial charge in [-0.1, -0.05) is 27.7 Å². The Morgan fingerprint density at radius 1 is 1.40 bits per heavy atom. The van der Waals surface area contributed by atoms with E-state index in [1.54, 1.807) is 0 Å². The summed E-state index contributed by atoms with van der Waals surface area (Å²) in [6, 6.07) is 0.633. The second-order valence-electron chi connectivity index (χ2n) is 5.54. The van der Waals surface area contributed by atoms with Crippen molar-refractivity contribution in [2.75, 3.05) is 18.1 Å². The standard InChI is InChI=1S/C12H25NOS/c1-5-15(14)7-6-13-11-9-12(3,4)8-10(11)2/h10-11,13H,5-9H2,1-4H3. The summed E-state index contributed by atoms with van der Waals surface area (Å²) >= 11 is 0. The third kappa shape index (κ3) is 4.23. The predicted molar refractivity (Wildman–Crippen MR) is 67.5 cm³/mol. The summed E-state index contributed by atoms with van der Waals surface area (Å²) in [5.74, 6) is 2.35. The van der Waals surface area contributed by atoms with E-state index >= 15 is 0 Å². The average molecular weight is 231 g/mol. The molecular formula is C12H25NOS. The van der Waals surface area contributed by atoms with Gasteiger partial charge in [0.1, 0.15) is 0 Å². The lowest BCUT2D eigenvalue weighted by Crippen LogP contribution is -2.34. The minimum absolute atomic E-state index is 0.487. The monoisotopic (exact) mass is 231 g/mol. The molecule has 0 aromatic carbocycles. The van der Waals surface area contributed by atoms with Crippen molar-refractivity contribution < 1.29 is 4.21 Å². The quantitative estimate of drug-likeness (QED) is 0.785. The van der Waals surface area contributed by atoms with Crippen molar-refractivity contribution in [3.63, 3.8) is 0 Å². The van der Waals surface area contributed by atoms with Crippen molar-refractivity contribution in [2.24, 2.45) is 11.3 Å². The zero-order chi connectivity index (χ0) is 11.5. The Balaban J connectivity index is 2.25. The van der Waals surface area contributed by atoms with Crippen LogP contribution in [0.1, 0.15) is 40.5 Å². The molecular weight excluding hydrogens is 206 g/mol. The third-order valence-electron chi connectivity index (χ3n) is 3.39.